The van der Waals surface area contributed by atoms with E-state index in [0.29, 0.717) is 18.9 Å². The predicted molar refractivity (Wildman–Crippen MR) is 96.6 cm³/mol. The maximum absolute atomic E-state index is 13.3. The smallest absolute Gasteiger partial charge is 0.419 e. The summed E-state index contributed by atoms with van der Waals surface area (Å²) < 4.78 is 84.3. The molecular formula is C18H21F3O8S. The van der Waals surface area contributed by atoms with Crippen LogP contribution in [0.15, 0.2) is 18.2 Å². The van der Waals surface area contributed by atoms with Gasteiger partial charge >= 0.3 is 18.1 Å². The minimum Gasteiger partial charge on any atom is -0.487 e. The van der Waals surface area contributed by atoms with Crippen molar-refractivity contribution in [2.75, 3.05) is 19.0 Å². The standard InChI is InChI=1S/C18H21F3O8S/c1-17(6-2-3-7-17)29-14-10-12(4-5-13(14)18(19,20)21)16(23)28-11-15(22)27-8-9-30(24,25)26/h4-5,10H,2-3,6-9,11H2,1H3,(H,24,25,26). The van der Waals surface area contributed by atoms with Gasteiger partial charge in [-0.25, -0.2) is 9.59 Å². The summed E-state index contributed by atoms with van der Waals surface area (Å²) in [5.74, 6) is -3.51. The Morgan fingerprint density at radius 2 is 1.80 bits per heavy atom. The van der Waals surface area contributed by atoms with Crippen molar-refractivity contribution in [2.45, 2.75) is 44.4 Å². The van der Waals surface area contributed by atoms with Gasteiger partial charge in [0.1, 0.15) is 23.7 Å². The Labute approximate surface area is 171 Å². The number of carbonyl (C=O) groups is 2. The van der Waals surface area contributed by atoms with Crippen LogP contribution in [-0.2, 0) is 30.6 Å². The van der Waals surface area contributed by atoms with Gasteiger partial charge in [-0.15, -0.1) is 0 Å². The molecule has 8 nitrogen and oxygen atoms in total. The fraction of sp³-hybridized carbons (Fsp3) is 0.556. The minimum absolute atomic E-state index is 0.259. The number of ether oxygens (including phenoxy) is 3. The molecule has 30 heavy (non-hydrogen) atoms. The first kappa shape index (κ1) is 23.9. The molecule has 0 unspecified atom stereocenters. The highest BCUT2D eigenvalue weighted by atomic mass is 32.2. The van der Waals surface area contributed by atoms with Gasteiger partial charge in [0, 0.05) is 0 Å². The average Bonchev–Trinajstić information content (AvgIpc) is 3.03. The Bertz CT molecular complexity index is 889. The number of hydrogen-bond donors (Lipinski definition) is 1. The SMILES string of the molecule is CC1(Oc2cc(C(=O)OCC(=O)OCCS(=O)(=O)O)ccc2C(F)(F)F)CCCC1. The molecule has 1 aliphatic rings. The second kappa shape index (κ2) is 9.21. The second-order valence-electron chi connectivity index (χ2n) is 7.05. The number of benzene rings is 1. The molecule has 2 rings (SSSR count). The zero-order valence-electron chi connectivity index (χ0n) is 16.0. The number of alkyl halides is 3. The molecule has 1 aromatic rings. The van der Waals surface area contributed by atoms with E-state index in [1.54, 1.807) is 6.92 Å². The van der Waals surface area contributed by atoms with E-state index in [9.17, 15) is 31.2 Å². The highest BCUT2D eigenvalue weighted by Gasteiger charge is 2.38. The Morgan fingerprint density at radius 3 is 2.37 bits per heavy atom. The molecule has 0 heterocycles. The third kappa shape index (κ3) is 7.17. The lowest BCUT2D eigenvalue weighted by Crippen LogP contribution is -2.29. The molecule has 0 aromatic heterocycles. The van der Waals surface area contributed by atoms with Crippen LogP contribution in [0.5, 0.6) is 5.75 Å². The summed E-state index contributed by atoms with van der Waals surface area (Å²) in [4.78, 5) is 23.5. The molecule has 1 aliphatic carbocycles. The van der Waals surface area contributed by atoms with Gasteiger partial charge in [-0.05, 0) is 50.8 Å². The first-order valence-electron chi connectivity index (χ1n) is 8.97. The normalized spacial score (nSPS) is 16.2. The fourth-order valence-corrected chi connectivity index (χ4v) is 3.26. The van der Waals surface area contributed by atoms with Crippen molar-refractivity contribution >= 4 is 22.1 Å². The van der Waals surface area contributed by atoms with E-state index in [1.165, 1.54) is 0 Å². The lowest BCUT2D eigenvalue weighted by molar-refractivity contribution is -0.146. The van der Waals surface area contributed by atoms with E-state index < -0.39 is 64.1 Å². The van der Waals surface area contributed by atoms with Gasteiger partial charge < -0.3 is 14.2 Å². The topological polar surface area (TPSA) is 116 Å². The van der Waals surface area contributed by atoms with Crippen molar-refractivity contribution < 1.29 is 49.9 Å². The van der Waals surface area contributed by atoms with E-state index in [2.05, 4.69) is 9.47 Å². The zero-order valence-corrected chi connectivity index (χ0v) is 16.8. The summed E-state index contributed by atoms with van der Waals surface area (Å²) in [5.41, 5.74) is -2.07. The molecule has 1 N–H and O–H groups in total. The van der Waals surface area contributed by atoms with E-state index in [4.69, 9.17) is 9.29 Å². The van der Waals surface area contributed by atoms with Gasteiger partial charge in [0.15, 0.2) is 6.61 Å². The molecule has 0 aliphatic heterocycles. The fourth-order valence-electron chi connectivity index (χ4n) is 2.97. The van der Waals surface area contributed by atoms with Gasteiger partial charge in [-0.3, -0.25) is 4.55 Å². The Kier molecular flexibility index (Phi) is 7.35. The van der Waals surface area contributed by atoms with Gasteiger partial charge in [0.05, 0.1) is 11.1 Å². The molecule has 0 radical (unpaired) electrons. The van der Waals surface area contributed by atoms with E-state index in [1.807, 2.05) is 0 Å². The van der Waals surface area contributed by atoms with Gasteiger partial charge in [0.25, 0.3) is 10.1 Å². The van der Waals surface area contributed by atoms with Crippen molar-refractivity contribution in [1.82, 2.24) is 0 Å². The maximum atomic E-state index is 13.3. The number of hydrogen-bond acceptors (Lipinski definition) is 7. The molecule has 1 fully saturated rings. The molecule has 0 saturated heterocycles. The Hall–Kier alpha value is -2.34. The van der Waals surface area contributed by atoms with Gasteiger partial charge in [0.2, 0.25) is 0 Å². The lowest BCUT2D eigenvalue weighted by Gasteiger charge is -2.27. The van der Waals surface area contributed by atoms with Crippen molar-refractivity contribution in [2.24, 2.45) is 0 Å². The van der Waals surface area contributed by atoms with Crippen LogP contribution >= 0.6 is 0 Å². The van der Waals surface area contributed by atoms with Gasteiger partial charge in [-0.2, -0.15) is 21.6 Å². The first-order chi connectivity index (χ1) is 13.8. The average molecular weight is 454 g/mol. The van der Waals surface area contributed by atoms with Crippen molar-refractivity contribution in [3.8, 4) is 5.75 Å². The number of esters is 2. The van der Waals surface area contributed by atoms with Crippen molar-refractivity contribution in [3.63, 3.8) is 0 Å². The third-order valence-corrected chi connectivity index (χ3v) is 5.15. The van der Waals surface area contributed by atoms with Crippen molar-refractivity contribution in [3.05, 3.63) is 29.3 Å². The molecule has 0 spiro atoms. The Balaban J connectivity index is 2.06. The largest absolute Gasteiger partial charge is 0.487 e. The van der Waals surface area contributed by atoms with Crippen LogP contribution in [-0.4, -0.2) is 49.5 Å². The predicted octanol–water partition coefficient (Wildman–Crippen LogP) is 3.00. The third-order valence-electron chi connectivity index (χ3n) is 4.47. The lowest BCUT2D eigenvalue weighted by atomic mass is 10.0. The highest BCUT2D eigenvalue weighted by molar-refractivity contribution is 7.85. The van der Waals surface area contributed by atoms with Gasteiger partial charge in [-0.1, -0.05) is 0 Å². The molecule has 0 amide bonds. The molecule has 1 aromatic carbocycles. The maximum Gasteiger partial charge on any atom is 0.419 e. The first-order valence-corrected chi connectivity index (χ1v) is 10.6. The van der Waals surface area contributed by atoms with Crippen LogP contribution < -0.4 is 4.74 Å². The summed E-state index contributed by atoms with van der Waals surface area (Å²) >= 11 is 0. The number of carbonyl (C=O) groups excluding carboxylic acids is 2. The number of halogens is 3. The molecular weight excluding hydrogens is 433 g/mol. The minimum atomic E-state index is -4.69. The van der Waals surface area contributed by atoms with Crippen LogP contribution in [0.3, 0.4) is 0 Å². The number of rotatable bonds is 8. The van der Waals surface area contributed by atoms with E-state index >= 15 is 0 Å². The Morgan fingerprint density at radius 1 is 1.17 bits per heavy atom. The second-order valence-corrected chi connectivity index (χ2v) is 8.62. The molecule has 1 saturated carbocycles. The van der Waals surface area contributed by atoms with Crippen LogP contribution in [0.1, 0.15) is 48.5 Å². The molecule has 168 valence electrons. The summed E-state index contributed by atoms with van der Waals surface area (Å²) in [6.07, 6.45) is -1.90. The summed E-state index contributed by atoms with van der Waals surface area (Å²) in [6, 6.07) is 2.52. The van der Waals surface area contributed by atoms with Crippen molar-refractivity contribution in [1.29, 1.82) is 0 Å². The zero-order chi connectivity index (χ0) is 22.6. The van der Waals surface area contributed by atoms with Crippen LogP contribution in [0.25, 0.3) is 0 Å². The summed E-state index contributed by atoms with van der Waals surface area (Å²) in [7, 11) is -4.32. The van der Waals surface area contributed by atoms with Crippen LogP contribution in [0.4, 0.5) is 13.2 Å². The molecule has 0 atom stereocenters. The van der Waals surface area contributed by atoms with Crippen LogP contribution in [0, 0.1) is 0 Å². The molecule has 0 bridgehead atoms. The highest BCUT2D eigenvalue weighted by Crippen LogP contribution is 2.41. The van der Waals surface area contributed by atoms with E-state index in [0.717, 1.165) is 25.0 Å². The molecule has 12 heteroatoms. The van der Waals surface area contributed by atoms with Crippen LogP contribution in [0.2, 0.25) is 0 Å². The summed E-state index contributed by atoms with van der Waals surface area (Å²) in [6.45, 7) is 0.166. The quantitative estimate of drug-likeness (QED) is 0.471. The summed E-state index contributed by atoms with van der Waals surface area (Å²) in [5, 5.41) is 0. The van der Waals surface area contributed by atoms with E-state index in [-0.39, 0.29) is 5.56 Å². The monoisotopic (exact) mass is 454 g/mol.